The Balaban J connectivity index is 2.59. The number of carbonyl (C=O) groups is 1. The van der Waals surface area contributed by atoms with E-state index in [4.69, 9.17) is 0 Å². The van der Waals surface area contributed by atoms with E-state index in [1.165, 1.54) is 0 Å². The van der Waals surface area contributed by atoms with E-state index in [0.29, 0.717) is 5.92 Å². The van der Waals surface area contributed by atoms with Gasteiger partial charge in [0.05, 0.1) is 5.25 Å². The highest BCUT2D eigenvalue weighted by Crippen LogP contribution is 2.24. The van der Waals surface area contributed by atoms with Crippen LogP contribution in [0.3, 0.4) is 0 Å². The summed E-state index contributed by atoms with van der Waals surface area (Å²) in [5.41, 5.74) is 0. The largest absolute Gasteiger partial charge is 0.396 e. The number of likely N-dealkylation sites (tertiary alicyclic amines) is 1. The van der Waals surface area contributed by atoms with Crippen molar-refractivity contribution in [3.8, 4) is 0 Å². The van der Waals surface area contributed by atoms with E-state index in [-0.39, 0.29) is 23.7 Å². The molecule has 0 radical (unpaired) electrons. The SMILES string of the molecule is CCSC(C(=O)N1CCCC(CO)C1)C(C)C. The van der Waals surface area contributed by atoms with Crippen molar-refractivity contribution in [1.82, 2.24) is 4.90 Å². The number of aliphatic hydroxyl groups is 1. The van der Waals surface area contributed by atoms with Crippen LogP contribution >= 0.6 is 11.8 Å². The van der Waals surface area contributed by atoms with E-state index in [9.17, 15) is 9.90 Å². The van der Waals surface area contributed by atoms with Gasteiger partial charge >= 0.3 is 0 Å². The number of aliphatic hydroxyl groups excluding tert-OH is 1. The Hall–Kier alpha value is -0.220. The minimum Gasteiger partial charge on any atom is -0.396 e. The van der Waals surface area contributed by atoms with Crippen LogP contribution in [-0.2, 0) is 4.79 Å². The first kappa shape index (κ1) is 14.8. The summed E-state index contributed by atoms with van der Waals surface area (Å²) in [6, 6.07) is 0. The van der Waals surface area contributed by atoms with Crippen LogP contribution in [0.15, 0.2) is 0 Å². The molecule has 2 unspecified atom stereocenters. The van der Waals surface area contributed by atoms with Gasteiger partial charge in [-0.3, -0.25) is 4.79 Å². The first-order valence-electron chi connectivity index (χ1n) is 6.61. The Morgan fingerprint density at radius 1 is 1.53 bits per heavy atom. The minimum absolute atomic E-state index is 0.0810. The van der Waals surface area contributed by atoms with Crippen molar-refractivity contribution < 1.29 is 9.90 Å². The fourth-order valence-corrected chi connectivity index (χ4v) is 3.36. The molecule has 0 saturated carbocycles. The lowest BCUT2D eigenvalue weighted by molar-refractivity contribution is -0.133. The monoisotopic (exact) mass is 259 g/mol. The number of piperidine rings is 1. The maximum Gasteiger partial charge on any atom is 0.235 e. The Morgan fingerprint density at radius 2 is 2.24 bits per heavy atom. The van der Waals surface area contributed by atoms with Gasteiger partial charge in [0.25, 0.3) is 0 Å². The standard InChI is InChI=1S/C13H25NO2S/c1-4-17-12(10(2)3)13(16)14-7-5-6-11(8-14)9-15/h10-12,15H,4-9H2,1-3H3. The van der Waals surface area contributed by atoms with Crippen molar-refractivity contribution in [2.24, 2.45) is 11.8 Å². The van der Waals surface area contributed by atoms with Gasteiger partial charge < -0.3 is 10.0 Å². The Kier molecular flexibility index (Phi) is 6.34. The third-order valence-corrected chi connectivity index (χ3v) is 4.72. The Morgan fingerprint density at radius 3 is 2.76 bits per heavy atom. The summed E-state index contributed by atoms with van der Waals surface area (Å²) in [6.07, 6.45) is 2.08. The van der Waals surface area contributed by atoms with Gasteiger partial charge in [-0.2, -0.15) is 0 Å². The van der Waals surface area contributed by atoms with Gasteiger partial charge in [0, 0.05) is 19.7 Å². The molecule has 3 nitrogen and oxygen atoms in total. The Bertz CT molecular complexity index is 246. The van der Waals surface area contributed by atoms with Crippen LogP contribution in [0.2, 0.25) is 0 Å². The number of hydrogen-bond donors (Lipinski definition) is 1. The summed E-state index contributed by atoms with van der Waals surface area (Å²) in [7, 11) is 0. The Labute approximate surface area is 109 Å². The van der Waals surface area contributed by atoms with Crippen LogP contribution in [0.5, 0.6) is 0 Å². The number of nitrogens with zero attached hydrogens (tertiary/aromatic N) is 1. The molecule has 1 amide bonds. The smallest absolute Gasteiger partial charge is 0.235 e. The van der Waals surface area contributed by atoms with Crippen LogP contribution in [0.1, 0.15) is 33.6 Å². The fourth-order valence-electron chi connectivity index (χ4n) is 2.32. The third kappa shape index (κ3) is 4.18. The molecule has 100 valence electrons. The second-order valence-corrected chi connectivity index (χ2v) is 6.51. The van der Waals surface area contributed by atoms with Crippen molar-refractivity contribution in [2.75, 3.05) is 25.4 Å². The molecule has 1 rings (SSSR count). The third-order valence-electron chi connectivity index (χ3n) is 3.28. The molecule has 0 aromatic carbocycles. The molecule has 0 bridgehead atoms. The summed E-state index contributed by atoms with van der Waals surface area (Å²) >= 11 is 1.74. The van der Waals surface area contributed by atoms with Crippen LogP contribution in [0.4, 0.5) is 0 Å². The summed E-state index contributed by atoms with van der Waals surface area (Å²) in [4.78, 5) is 14.4. The zero-order valence-corrected chi connectivity index (χ0v) is 12.0. The van der Waals surface area contributed by atoms with Crippen molar-refractivity contribution in [3.63, 3.8) is 0 Å². The molecular formula is C13H25NO2S. The van der Waals surface area contributed by atoms with E-state index in [1.54, 1.807) is 11.8 Å². The highest BCUT2D eigenvalue weighted by atomic mass is 32.2. The van der Waals surface area contributed by atoms with Crippen molar-refractivity contribution in [1.29, 1.82) is 0 Å². The average molecular weight is 259 g/mol. The van der Waals surface area contributed by atoms with E-state index in [1.807, 2.05) is 4.90 Å². The zero-order chi connectivity index (χ0) is 12.8. The van der Waals surface area contributed by atoms with E-state index in [0.717, 1.165) is 31.7 Å². The van der Waals surface area contributed by atoms with Gasteiger partial charge in [-0.25, -0.2) is 0 Å². The lowest BCUT2D eigenvalue weighted by atomic mass is 9.98. The highest BCUT2D eigenvalue weighted by molar-refractivity contribution is 8.00. The predicted octanol–water partition coefficient (Wildman–Crippen LogP) is 1.99. The molecular weight excluding hydrogens is 234 g/mol. The summed E-state index contributed by atoms with van der Waals surface area (Å²) in [5, 5.41) is 9.28. The molecule has 4 heteroatoms. The first-order valence-corrected chi connectivity index (χ1v) is 7.66. The second kappa shape index (κ2) is 7.27. The lowest BCUT2D eigenvalue weighted by Gasteiger charge is -2.35. The molecule has 0 aromatic rings. The normalized spacial score (nSPS) is 22.9. The van der Waals surface area contributed by atoms with Crippen molar-refractivity contribution in [3.05, 3.63) is 0 Å². The molecule has 0 spiro atoms. The van der Waals surface area contributed by atoms with Crippen LogP contribution in [0.25, 0.3) is 0 Å². The van der Waals surface area contributed by atoms with Gasteiger partial charge in [0.1, 0.15) is 0 Å². The maximum absolute atomic E-state index is 12.4. The zero-order valence-electron chi connectivity index (χ0n) is 11.2. The molecule has 1 heterocycles. The predicted molar refractivity (Wildman–Crippen MR) is 73.1 cm³/mol. The number of thioether (sulfide) groups is 1. The first-order chi connectivity index (χ1) is 8.10. The summed E-state index contributed by atoms with van der Waals surface area (Å²) in [6.45, 7) is 8.13. The van der Waals surface area contributed by atoms with Crippen LogP contribution < -0.4 is 0 Å². The fraction of sp³-hybridized carbons (Fsp3) is 0.923. The lowest BCUT2D eigenvalue weighted by Crippen LogP contribution is -2.46. The van der Waals surface area contributed by atoms with Crippen LogP contribution in [-0.4, -0.2) is 46.6 Å². The number of carbonyl (C=O) groups excluding carboxylic acids is 1. The maximum atomic E-state index is 12.4. The molecule has 0 aliphatic carbocycles. The minimum atomic E-state index is 0.0810. The van der Waals surface area contributed by atoms with Gasteiger partial charge in [-0.15, -0.1) is 11.8 Å². The second-order valence-electron chi connectivity index (χ2n) is 5.10. The highest BCUT2D eigenvalue weighted by Gasteiger charge is 2.30. The van der Waals surface area contributed by atoms with Crippen molar-refractivity contribution >= 4 is 17.7 Å². The van der Waals surface area contributed by atoms with Gasteiger partial charge in [-0.05, 0) is 30.4 Å². The van der Waals surface area contributed by atoms with E-state index < -0.39 is 0 Å². The van der Waals surface area contributed by atoms with Crippen molar-refractivity contribution in [2.45, 2.75) is 38.9 Å². The molecule has 1 fully saturated rings. The number of amides is 1. The van der Waals surface area contributed by atoms with Crippen LogP contribution in [0, 0.1) is 11.8 Å². The van der Waals surface area contributed by atoms with E-state index >= 15 is 0 Å². The summed E-state index contributed by atoms with van der Waals surface area (Å²) in [5.74, 6) is 1.91. The van der Waals surface area contributed by atoms with Gasteiger partial charge in [0.15, 0.2) is 0 Å². The number of rotatable bonds is 5. The molecule has 17 heavy (non-hydrogen) atoms. The number of hydrogen-bond acceptors (Lipinski definition) is 3. The summed E-state index contributed by atoms with van der Waals surface area (Å²) < 4.78 is 0. The topological polar surface area (TPSA) is 40.5 Å². The van der Waals surface area contributed by atoms with Gasteiger partial charge in [-0.1, -0.05) is 20.8 Å². The van der Waals surface area contributed by atoms with E-state index in [2.05, 4.69) is 20.8 Å². The molecule has 1 saturated heterocycles. The average Bonchev–Trinajstić information content (AvgIpc) is 2.34. The van der Waals surface area contributed by atoms with Gasteiger partial charge in [0.2, 0.25) is 5.91 Å². The molecule has 2 atom stereocenters. The molecule has 0 aromatic heterocycles. The molecule has 1 N–H and O–H groups in total. The quantitative estimate of drug-likeness (QED) is 0.821. The molecule has 1 aliphatic rings. The molecule has 1 aliphatic heterocycles.